The minimum atomic E-state index is -1.25. The van der Waals surface area contributed by atoms with E-state index in [9.17, 15) is 19.8 Å². The predicted molar refractivity (Wildman–Crippen MR) is 93.8 cm³/mol. The van der Waals surface area contributed by atoms with Gasteiger partial charge in [0.2, 0.25) is 0 Å². The molecule has 0 spiro atoms. The van der Waals surface area contributed by atoms with E-state index in [-0.39, 0.29) is 28.7 Å². The van der Waals surface area contributed by atoms with Crippen molar-refractivity contribution in [1.82, 2.24) is 5.32 Å². The maximum Gasteiger partial charge on any atom is 0.336 e. The number of hydrogen-bond donors (Lipinski definition) is 4. The number of carboxylic acid groups (broad SMARTS) is 2. The minimum absolute atomic E-state index is 0.0225. The van der Waals surface area contributed by atoms with E-state index in [1.54, 1.807) is 37.3 Å². The SMILES string of the molecule is CC1=C(C(=O)O)C(c2ccccc2)C(C(=O)O)=C(/N=C(/N)C(C)C)N1. The highest BCUT2D eigenvalue weighted by molar-refractivity contribution is 5.99. The van der Waals surface area contributed by atoms with Crippen molar-refractivity contribution in [3.63, 3.8) is 0 Å². The van der Waals surface area contributed by atoms with Crippen LogP contribution in [-0.4, -0.2) is 28.0 Å². The lowest BCUT2D eigenvalue weighted by atomic mass is 9.81. The van der Waals surface area contributed by atoms with Gasteiger partial charge in [0.15, 0.2) is 0 Å². The lowest BCUT2D eigenvalue weighted by molar-refractivity contribution is -0.133. The van der Waals surface area contributed by atoms with Gasteiger partial charge in [-0.2, -0.15) is 0 Å². The molecule has 0 aliphatic carbocycles. The summed E-state index contributed by atoms with van der Waals surface area (Å²) in [6.07, 6.45) is 0. The van der Waals surface area contributed by atoms with Crippen molar-refractivity contribution in [2.75, 3.05) is 0 Å². The van der Waals surface area contributed by atoms with Crippen molar-refractivity contribution in [2.45, 2.75) is 26.7 Å². The first-order valence-corrected chi connectivity index (χ1v) is 7.81. The number of carboxylic acids is 2. The molecule has 0 aromatic heterocycles. The Morgan fingerprint density at radius 1 is 1.12 bits per heavy atom. The molecule has 25 heavy (non-hydrogen) atoms. The number of nitrogens with one attached hydrogen (secondary N) is 1. The second kappa shape index (κ2) is 7.21. The number of rotatable bonds is 5. The maximum absolute atomic E-state index is 12.0. The van der Waals surface area contributed by atoms with Crippen LogP contribution >= 0.6 is 0 Å². The van der Waals surface area contributed by atoms with Crippen molar-refractivity contribution >= 4 is 17.8 Å². The molecule has 0 amide bonds. The third-order valence-corrected chi connectivity index (χ3v) is 3.97. The smallest absolute Gasteiger partial charge is 0.336 e. The Morgan fingerprint density at radius 3 is 2.16 bits per heavy atom. The summed E-state index contributed by atoms with van der Waals surface area (Å²) in [5, 5.41) is 22.2. The average Bonchev–Trinajstić information content (AvgIpc) is 2.54. The first kappa shape index (κ1) is 18.3. The van der Waals surface area contributed by atoms with Crippen molar-refractivity contribution in [1.29, 1.82) is 0 Å². The first-order valence-electron chi connectivity index (χ1n) is 7.81. The average molecular weight is 343 g/mol. The van der Waals surface area contributed by atoms with Gasteiger partial charge in [-0.1, -0.05) is 44.2 Å². The quantitative estimate of drug-likeness (QED) is 0.479. The fraction of sp³-hybridized carbons (Fsp3) is 0.278. The first-order chi connectivity index (χ1) is 11.7. The molecule has 0 radical (unpaired) electrons. The molecule has 7 heteroatoms. The lowest BCUT2D eigenvalue weighted by Gasteiger charge is -2.28. The second-order valence-electron chi connectivity index (χ2n) is 6.07. The normalized spacial score (nSPS) is 18.4. The Labute approximate surface area is 145 Å². The van der Waals surface area contributed by atoms with Crippen LogP contribution in [0.5, 0.6) is 0 Å². The van der Waals surface area contributed by atoms with Crippen molar-refractivity contribution in [2.24, 2.45) is 16.6 Å². The molecule has 0 fully saturated rings. The molecule has 2 rings (SSSR count). The van der Waals surface area contributed by atoms with E-state index in [1.165, 1.54) is 0 Å². The molecule has 1 atom stereocenters. The van der Waals surface area contributed by atoms with Gasteiger partial charge in [0.25, 0.3) is 0 Å². The van der Waals surface area contributed by atoms with Crippen LogP contribution in [0.3, 0.4) is 0 Å². The van der Waals surface area contributed by atoms with Crippen LogP contribution in [0.4, 0.5) is 0 Å². The van der Waals surface area contributed by atoms with Crippen LogP contribution in [0, 0.1) is 5.92 Å². The summed E-state index contributed by atoms with van der Waals surface area (Å²) in [4.78, 5) is 27.9. The monoisotopic (exact) mass is 343 g/mol. The van der Waals surface area contributed by atoms with Crippen LogP contribution in [0.2, 0.25) is 0 Å². The fourth-order valence-electron chi connectivity index (χ4n) is 2.64. The van der Waals surface area contributed by atoms with E-state index in [0.29, 0.717) is 11.3 Å². The molecule has 7 nitrogen and oxygen atoms in total. The number of nitrogens with zero attached hydrogens (tertiary/aromatic N) is 1. The molecule has 1 unspecified atom stereocenters. The van der Waals surface area contributed by atoms with E-state index in [4.69, 9.17) is 5.73 Å². The van der Waals surface area contributed by atoms with E-state index < -0.39 is 17.9 Å². The molecule has 5 N–H and O–H groups in total. The molecule has 1 aromatic rings. The number of aliphatic carboxylic acids is 2. The van der Waals surface area contributed by atoms with Gasteiger partial charge < -0.3 is 21.3 Å². The van der Waals surface area contributed by atoms with Gasteiger partial charge in [0.05, 0.1) is 17.1 Å². The van der Waals surface area contributed by atoms with Crippen molar-refractivity contribution in [3.05, 3.63) is 58.6 Å². The summed E-state index contributed by atoms with van der Waals surface area (Å²) in [5.74, 6) is -3.13. The molecule has 0 saturated heterocycles. The van der Waals surface area contributed by atoms with Gasteiger partial charge in [0, 0.05) is 11.6 Å². The third-order valence-electron chi connectivity index (χ3n) is 3.97. The number of benzene rings is 1. The largest absolute Gasteiger partial charge is 0.478 e. The topological polar surface area (TPSA) is 125 Å². The highest BCUT2D eigenvalue weighted by atomic mass is 16.4. The Kier molecular flexibility index (Phi) is 5.26. The minimum Gasteiger partial charge on any atom is -0.478 e. The number of carbonyl (C=O) groups is 2. The standard InChI is InChI=1S/C18H21N3O4/c1-9(2)15(19)21-16-14(18(24)25)13(11-7-5-4-6-8-11)12(17(22)23)10(3)20-16/h4-9,13,20H,1-3H3,(H2,19,21)(H,22,23)(H,24,25). The van der Waals surface area contributed by atoms with Gasteiger partial charge in [-0.15, -0.1) is 0 Å². The number of dihydropyridines is 1. The number of nitrogens with two attached hydrogens (primary N) is 1. The van der Waals surface area contributed by atoms with E-state index in [1.807, 2.05) is 13.8 Å². The maximum atomic E-state index is 12.0. The molecule has 0 bridgehead atoms. The van der Waals surface area contributed by atoms with Crippen molar-refractivity contribution in [3.8, 4) is 0 Å². The summed E-state index contributed by atoms with van der Waals surface area (Å²) in [5.41, 5.74) is 6.62. The zero-order valence-corrected chi connectivity index (χ0v) is 14.3. The summed E-state index contributed by atoms with van der Waals surface area (Å²) >= 11 is 0. The zero-order chi connectivity index (χ0) is 18.7. The van der Waals surface area contributed by atoms with Crippen LogP contribution in [0.15, 0.2) is 58.0 Å². The van der Waals surface area contributed by atoms with Crippen LogP contribution in [-0.2, 0) is 9.59 Å². The Morgan fingerprint density at radius 2 is 1.68 bits per heavy atom. The van der Waals surface area contributed by atoms with Crippen molar-refractivity contribution < 1.29 is 19.8 Å². The number of amidine groups is 1. The lowest BCUT2D eigenvalue weighted by Crippen LogP contribution is -2.32. The molecule has 1 aromatic carbocycles. The van der Waals surface area contributed by atoms with Gasteiger partial charge in [-0.25, -0.2) is 14.6 Å². The van der Waals surface area contributed by atoms with Crippen LogP contribution in [0.1, 0.15) is 32.3 Å². The molecular weight excluding hydrogens is 322 g/mol. The molecule has 1 heterocycles. The highest BCUT2D eigenvalue weighted by Crippen LogP contribution is 2.38. The fourth-order valence-corrected chi connectivity index (χ4v) is 2.64. The van der Waals surface area contributed by atoms with Crippen LogP contribution < -0.4 is 11.1 Å². The summed E-state index contributed by atoms with van der Waals surface area (Å²) in [6.45, 7) is 5.25. The molecule has 1 aliphatic heterocycles. The number of hydrogen-bond acceptors (Lipinski definition) is 4. The Hall–Kier alpha value is -3.09. The highest BCUT2D eigenvalue weighted by Gasteiger charge is 2.37. The second-order valence-corrected chi connectivity index (χ2v) is 6.07. The van der Waals surface area contributed by atoms with Gasteiger partial charge in [0.1, 0.15) is 11.7 Å². The van der Waals surface area contributed by atoms with Gasteiger partial charge >= 0.3 is 11.9 Å². The Bertz CT molecular complexity index is 792. The van der Waals surface area contributed by atoms with E-state index in [2.05, 4.69) is 10.3 Å². The van der Waals surface area contributed by atoms with E-state index in [0.717, 1.165) is 0 Å². The summed E-state index contributed by atoms with van der Waals surface area (Å²) in [6, 6.07) is 8.64. The Balaban J connectivity index is 2.74. The predicted octanol–water partition coefficient (Wildman–Crippen LogP) is 2.04. The van der Waals surface area contributed by atoms with Gasteiger partial charge in [-0.3, -0.25) is 0 Å². The number of allylic oxidation sites excluding steroid dienone is 1. The summed E-state index contributed by atoms with van der Waals surface area (Å²) < 4.78 is 0. The molecule has 0 saturated carbocycles. The zero-order valence-electron chi connectivity index (χ0n) is 14.3. The van der Waals surface area contributed by atoms with E-state index >= 15 is 0 Å². The molecule has 1 aliphatic rings. The third kappa shape index (κ3) is 3.71. The summed E-state index contributed by atoms with van der Waals surface area (Å²) in [7, 11) is 0. The number of aliphatic imine (C=N–C) groups is 1. The molecular formula is C18H21N3O4. The molecule has 132 valence electrons. The van der Waals surface area contributed by atoms with Gasteiger partial charge in [-0.05, 0) is 12.5 Å². The van der Waals surface area contributed by atoms with Crippen LogP contribution in [0.25, 0.3) is 0 Å².